The summed E-state index contributed by atoms with van der Waals surface area (Å²) in [7, 11) is 0. The summed E-state index contributed by atoms with van der Waals surface area (Å²) in [5.74, 6) is -1.71. The van der Waals surface area contributed by atoms with Gasteiger partial charge in [-0.1, -0.05) is 6.92 Å². The first-order valence-electron chi connectivity index (χ1n) is 9.43. The van der Waals surface area contributed by atoms with E-state index in [-0.39, 0.29) is 12.4 Å². The molecule has 0 aliphatic carbocycles. The molecule has 9 nitrogen and oxygen atoms in total. The van der Waals surface area contributed by atoms with Crippen molar-refractivity contribution >= 4 is 23.7 Å². The first kappa shape index (κ1) is 24.0. The zero-order valence-electron chi connectivity index (χ0n) is 17.1. The zero-order chi connectivity index (χ0) is 21.3. The molecule has 0 aromatic rings. The van der Waals surface area contributed by atoms with Crippen LogP contribution in [0.15, 0.2) is 0 Å². The fourth-order valence-corrected chi connectivity index (χ4v) is 2.99. The molecule has 0 bridgehead atoms. The third-order valence-corrected chi connectivity index (χ3v) is 4.10. The van der Waals surface area contributed by atoms with Crippen molar-refractivity contribution < 1.29 is 42.9 Å². The topological polar surface area (TPSA) is 114 Å². The molecule has 1 saturated heterocycles. The summed E-state index contributed by atoms with van der Waals surface area (Å²) in [4.78, 5) is 45.8. The lowest BCUT2D eigenvalue weighted by atomic mass is 9.96. The Morgan fingerprint density at radius 2 is 1.32 bits per heavy atom. The minimum atomic E-state index is -1.10. The van der Waals surface area contributed by atoms with Crippen molar-refractivity contribution in [3.8, 4) is 0 Å². The Morgan fingerprint density at radius 3 is 1.82 bits per heavy atom. The van der Waals surface area contributed by atoms with E-state index in [0.29, 0.717) is 25.7 Å². The van der Waals surface area contributed by atoms with Gasteiger partial charge in [0.25, 0.3) is 0 Å². The lowest BCUT2D eigenvalue weighted by Crippen LogP contribution is -2.61. The van der Waals surface area contributed by atoms with Crippen molar-refractivity contribution in [2.75, 3.05) is 6.61 Å². The van der Waals surface area contributed by atoms with Crippen LogP contribution >= 0.6 is 0 Å². The lowest BCUT2D eigenvalue weighted by molar-refractivity contribution is -0.304. The number of unbranched alkanes of at least 4 members (excludes halogenated alkanes) is 1. The molecule has 5 atom stereocenters. The Hall–Kier alpha value is -2.00. The third-order valence-electron chi connectivity index (χ3n) is 4.10. The Labute approximate surface area is 165 Å². The summed E-state index contributed by atoms with van der Waals surface area (Å²) < 4.78 is 27.6. The number of rotatable bonds is 10. The third kappa shape index (κ3) is 7.93. The van der Waals surface area contributed by atoms with E-state index in [1.807, 2.05) is 6.92 Å². The second kappa shape index (κ2) is 11.8. The van der Waals surface area contributed by atoms with Gasteiger partial charge < -0.3 is 28.5 Å². The molecule has 1 aliphatic rings. The van der Waals surface area contributed by atoms with Crippen molar-refractivity contribution in [1.29, 1.82) is 0 Å². The van der Waals surface area contributed by atoms with E-state index in [4.69, 9.17) is 23.7 Å². The van der Waals surface area contributed by atoms with Crippen LogP contribution in [0.1, 0.15) is 60.3 Å². The van der Waals surface area contributed by atoms with Gasteiger partial charge in [-0.15, -0.1) is 0 Å². The number of ketones is 1. The Bertz CT molecular complexity index is 560. The van der Waals surface area contributed by atoms with E-state index >= 15 is 0 Å². The van der Waals surface area contributed by atoms with Crippen LogP contribution in [0.25, 0.3) is 0 Å². The summed E-state index contributed by atoms with van der Waals surface area (Å²) in [5.41, 5.74) is 0. The normalized spacial score (nSPS) is 27.0. The molecule has 0 spiro atoms. The number of hydrogen-bond acceptors (Lipinski definition) is 9. The highest BCUT2D eigenvalue weighted by Crippen LogP contribution is 2.31. The van der Waals surface area contributed by atoms with Gasteiger partial charge in [0.15, 0.2) is 24.6 Å². The molecule has 0 saturated carbocycles. The van der Waals surface area contributed by atoms with Crippen molar-refractivity contribution in [3.63, 3.8) is 0 Å². The van der Waals surface area contributed by atoms with Gasteiger partial charge in [0.05, 0.1) is 0 Å². The van der Waals surface area contributed by atoms with Crippen molar-refractivity contribution in [2.45, 2.75) is 91.0 Å². The molecule has 1 heterocycles. The van der Waals surface area contributed by atoms with Crippen molar-refractivity contribution in [2.24, 2.45) is 0 Å². The maximum atomic E-state index is 11.6. The molecule has 0 N–H and O–H groups in total. The molecule has 2 unspecified atom stereocenters. The highest BCUT2D eigenvalue weighted by molar-refractivity contribution is 5.75. The van der Waals surface area contributed by atoms with Crippen LogP contribution in [-0.2, 0) is 42.9 Å². The fourth-order valence-electron chi connectivity index (χ4n) is 2.99. The minimum Gasteiger partial charge on any atom is -0.456 e. The molecule has 0 radical (unpaired) electrons. The van der Waals surface area contributed by atoms with Gasteiger partial charge in [-0.25, -0.2) is 0 Å². The van der Waals surface area contributed by atoms with Crippen LogP contribution in [0.2, 0.25) is 0 Å². The van der Waals surface area contributed by atoms with Crippen LogP contribution < -0.4 is 0 Å². The van der Waals surface area contributed by atoms with Crippen LogP contribution in [-0.4, -0.2) is 61.0 Å². The second-order valence-electron chi connectivity index (χ2n) is 6.70. The lowest BCUT2D eigenvalue weighted by Gasteiger charge is -2.44. The number of esters is 3. The summed E-state index contributed by atoms with van der Waals surface area (Å²) in [6.07, 6.45) is -2.54. The van der Waals surface area contributed by atoms with Gasteiger partial charge in [-0.05, 0) is 26.2 Å². The van der Waals surface area contributed by atoms with E-state index in [9.17, 15) is 19.2 Å². The number of carbonyl (C=O) groups is 4. The summed E-state index contributed by atoms with van der Waals surface area (Å²) >= 11 is 0. The number of Topliss-reactive ketones (excluding diaryl/α,β-unsaturated/α-hetero) is 1. The van der Waals surface area contributed by atoms with Gasteiger partial charge >= 0.3 is 17.9 Å². The van der Waals surface area contributed by atoms with Crippen LogP contribution in [0.5, 0.6) is 0 Å². The molecule has 0 amide bonds. The van der Waals surface area contributed by atoms with Crippen molar-refractivity contribution in [1.82, 2.24) is 0 Å². The van der Waals surface area contributed by atoms with Crippen molar-refractivity contribution in [3.05, 3.63) is 0 Å². The highest BCUT2D eigenvalue weighted by atomic mass is 16.7. The number of hydrogen-bond donors (Lipinski definition) is 0. The molecule has 9 heteroatoms. The standard InChI is InChI=1S/C19H30O9/c1-6-15-16(25-12(3)21)17(26-13(4)22)18(27-14(5)23)19(28-15)24-10-8-7-9-11(2)20/h15-19H,6-10H2,1-5H3/t15?,16-,17?,18+,19-/m1/s1. The van der Waals surface area contributed by atoms with Gasteiger partial charge in [0.1, 0.15) is 11.9 Å². The zero-order valence-corrected chi connectivity index (χ0v) is 17.1. The predicted molar refractivity (Wildman–Crippen MR) is 96.1 cm³/mol. The Kier molecular flexibility index (Phi) is 10.1. The SMILES string of the molecule is CCC1O[C@@H](OCCCCC(C)=O)[C@@H](OC(C)=O)C(OC(C)=O)[C@@H]1OC(C)=O. The van der Waals surface area contributed by atoms with E-state index in [2.05, 4.69) is 0 Å². The molecule has 1 aliphatic heterocycles. The van der Waals surface area contributed by atoms with Crippen LogP contribution in [0.3, 0.4) is 0 Å². The minimum absolute atomic E-state index is 0.0944. The summed E-state index contributed by atoms with van der Waals surface area (Å²) in [6.45, 7) is 7.26. The van der Waals surface area contributed by atoms with E-state index in [0.717, 1.165) is 0 Å². The maximum absolute atomic E-state index is 11.6. The molecule has 1 rings (SSSR count). The second-order valence-corrected chi connectivity index (χ2v) is 6.70. The summed E-state index contributed by atoms with van der Waals surface area (Å²) in [6, 6.07) is 0. The first-order valence-corrected chi connectivity index (χ1v) is 9.43. The Balaban J connectivity index is 2.98. The first-order chi connectivity index (χ1) is 13.1. The molecule has 0 aromatic carbocycles. The predicted octanol–water partition coefficient (Wildman–Crippen LogP) is 1.69. The van der Waals surface area contributed by atoms with E-state index in [1.54, 1.807) is 0 Å². The molecular formula is C19H30O9. The Morgan fingerprint density at radius 1 is 0.786 bits per heavy atom. The quantitative estimate of drug-likeness (QED) is 0.306. The maximum Gasteiger partial charge on any atom is 0.303 e. The number of ether oxygens (including phenoxy) is 5. The smallest absolute Gasteiger partial charge is 0.303 e. The molecule has 160 valence electrons. The van der Waals surface area contributed by atoms with Crippen LogP contribution in [0, 0.1) is 0 Å². The van der Waals surface area contributed by atoms with Crippen LogP contribution in [0.4, 0.5) is 0 Å². The molecular weight excluding hydrogens is 372 g/mol. The van der Waals surface area contributed by atoms with Gasteiger partial charge in [0.2, 0.25) is 0 Å². The monoisotopic (exact) mass is 402 g/mol. The average molecular weight is 402 g/mol. The summed E-state index contributed by atoms with van der Waals surface area (Å²) in [5, 5.41) is 0. The van der Waals surface area contributed by atoms with Gasteiger partial charge in [-0.3, -0.25) is 14.4 Å². The molecule has 0 aromatic heterocycles. The highest BCUT2D eigenvalue weighted by Gasteiger charge is 2.51. The van der Waals surface area contributed by atoms with E-state index < -0.39 is 48.6 Å². The molecule has 1 fully saturated rings. The van der Waals surface area contributed by atoms with Gasteiger partial charge in [-0.2, -0.15) is 0 Å². The van der Waals surface area contributed by atoms with Gasteiger partial charge in [0, 0.05) is 33.8 Å². The largest absolute Gasteiger partial charge is 0.456 e. The van der Waals surface area contributed by atoms with E-state index in [1.165, 1.54) is 27.7 Å². The average Bonchev–Trinajstić information content (AvgIpc) is 2.57. The number of carbonyl (C=O) groups excluding carboxylic acids is 4. The fraction of sp³-hybridized carbons (Fsp3) is 0.789. The molecule has 28 heavy (non-hydrogen) atoms.